The van der Waals surface area contributed by atoms with E-state index in [0.29, 0.717) is 18.7 Å². The molecule has 0 spiro atoms. The van der Waals surface area contributed by atoms with Crippen molar-refractivity contribution in [2.75, 3.05) is 11.4 Å². The number of rotatable bonds is 2. The van der Waals surface area contributed by atoms with Gasteiger partial charge in [0.1, 0.15) is 4.90 Å². The predicted octanol–water partition coefficient (Wildman–Crippen LogP) is 2.39. The smallest absolute Gasteiger partial charge is 0.262 e. The summed E-state index contributed by atoms with van der Waals surface area (Å²) in [7, 11) is 1.36. The molecule has 1 heterocycles. The van der Waals surface area contributed by atoms with Gasteiger partial charge in [0.15, 0.2) is 0 Å². The Morgan fingerprint density at radius 1 is 1.29 bits per heavy atom. The summed E-state index contributed by atoms with van der Waals surface area (Å²) in [5.74, 6) is -0.0592. The second kappa shape index (κ2) is 4.48. The quantitative estimate of drug-likeness (QED) is 0.787. The Morgan fingerprint density at radius 3 is 2.53 bits per heavy atom. The van der Waals surface area contributed by atoms with E-state index < -0.39 is 9.05 Å². The van der Waals surface area contributed by atoms with E-state index in [0.717, 1.165) is 6.42 Å². The average Bonchev–Trinajstić information content (AvgIpc) is 2.63. The minimum Gasteiger partial charge on any atom is -0.311 e. The fourth-order valence-electron chi connectivity index (χ4n) is 1.80. The third-order valence-electron chi connectivity index (χ3n) is 2.57. The molecule has 7 heteroatoms. The average molecular weight is 294 g/mol. The van der Waals surface area contributed by atoms with Crippen molar-refractivity contribution in [3.05, 3.63) is 23.2 Å². The zero-order valence-corrected chi connectivity index (χ0v) is 11.0. The van der Waals surface area contributed by atoms with Gasteiger partial charge in [-0.1, -0.05) is 17.7 Å². The molecular weight excluding hydrogens is 285 g/mol. The minimum atomic E-state index is -3.90. The second-order valence-corrected chi connectivity index (χ2v) is 6.59. The van der Waals surface area contributed by atoms with Gasteiger partial charge in [-0.3, -0.25) is 4.79 Å². The predicted molar refractivity (Wildman–Crippen MR) is 66.1 cm³/mol. The van der Waals surface area contributed by atoms with Crippen LogP contribution in [-0.4, -0.2) is 20.9 Å². The van der Waals surface area contributed by atoms with Gasteiger partial charge in [0.25, 0.3) is 9.05 Å². The van der Waals surface area contributed by atoms with Crippen LogP contribution in [0.4, 0.5) is 5.69 Å². The molecule has 92 valence electrons. The van der Waals surface area contributed by atoms with E-state index in [2.05, 4.69) is 0 Å². The molecule has 1 aromatic carbocycles. The summed E-state index contributed by atoms with van der Waals surface area (Å²) >= 11 is 5.98. The molecule has 2 rings (SSSR count). The summed E-state index contributed by atoms with van der Waals surface area (Å²) in [6.07, 6.45) is 1.20. The lowest BCUT2D eigenvalue weighted by atomic mass is 10.3. The Labute approximate surface area is 109 Å². The van der Waals surface area contributed by atoms with Crippen LogP contribution in [0, 0.1) is 0 Å². The molecule has 0 aromatic heterocycles. The standard InChI is InChI=1S/C10H9Cl2NO3S/c11-10-7(13-6-2-5-9(13)14)3-1-4-8(10)17(12,15)16/h1,3-4H,2,5-6H2. The van der Waals surface area contributed by atoms with Crippen molar-refractivity contribution >= 4 is 42.9 Å². The summed E-state index contributed by atoms with van der Waals surface area (Å²) in [6, 6.07) is 4.44. The number of carbonyl (C=O) groups is 1. The maximum absolute atomic E-state index is 11.6. The Kier molecular flexibility index (Phi) is 3.34. The normalized spacial score (nSPS) is 16.6. The summed E-state index contributed by atoms with van der Waals surface area (Å²) < 4.78 is 22.6. The Balaban J connectivity index is 2.53. The van der Waals surface area contributed by atoms with E-state index in [-0.39, 0.29) is 15.8 Å². The summed E-state index contributed by atoms with van der Waals surface area (Å²) in [5, 5.41) is -0.00208. The first-order valence-electron chi connectivity index (χ1n) is 4.95. The van der Waals surface area contributed by atoms with Gasteiger partial charge in [-0.05, 0) is 18.6 Å². The monoisotopic (exact) mass is 293 g/mol. The highest BCUT2D eigenvalue weighted by molar-refractivity contribution is 8.13. The van der Waals surface area contributed by atoms with Crippen molar-refractivity contribution in [2.24, 2.45) is 0 Å². The van der Waals surface area contributed by atoms with E-state index in [1.54, 1.807) is 6.07 Å². The summed E-state index contributed by atoms with van der Waals surface area (Å²) in [4.78, 5) is 12.9. The van der Waals surface area contributed by atoms with Gasteiger partial charge in [-0.15, -0.1) is 0 Å². The fourth-order valence-corrected chi connectivity index (χ4v) is 3.40. The molecule has 17 heavy (non-hydrogen) atoms. The lowest BCUT2D eigenvalue weighted by Gasteiger charge is -2.18. The molecule has 1 aliphatic rings. The number of halogens is 2. The third kappa shape index (κ3) is 2.41. The van der Waals surface area contributed by atoms with Crippen molar-refractivity contribution in [3.8, 4) is 0 Å². The lowest BCUT2D eigenvalue weighted by Crippen LogP contribution is -2.24. The number of nitrogens with zero attached hydrogens (tertiary/aromatic N) is 1. The van der Waals surface area contributed by atoms with Crippen molar-refractivity contribution in [2.45, 2.75) is 17.7 Å². The van der Waals surface area contributed by atoms with Gasteiger partial charge >= 0.3 is 0 Å². The summed E-state index contributed by atoms with van der Waals surface area (Å²) in [5.41, 5.74) is 0.399. The largest absolute Gasteiger partial charge is 0.311 e. The highest BCUT2D eigenvalue weighted by atomic mass is 35.7. The SMILES string of the molecule is O=C1CCCN1c1cccc(S(=O)(=O)Cl)c1Cl. The highest BCUT2D eigenvalue weighted by Gasteiger charge is 2.26. The number of hydrogen-bond acceptors (Lipinski definition) is 3. The Bertz CT molecular complexity index is 571. The van der Waals surface area contributed by atoms with Gasteiger partial charge in [-0.25, -0.2) is 8.42 Å². The van der Waals surface area contributed by atoms with Crippen LogP contribution in [-0.2, 0) is 13.8 Å². The molecule has 0 bridgehead atoms. The van der Waals surface area contributed by atoms with Crippen LogP contribution in [0.1, 0.15) is 12.8 Å². The number of amides is 1. The van der Waals surface area contributed by atoms with Crippen LogP contribution in [0.3, 0.4) is 0 Å². The molecule has 1 amide bonds. The molecule has 0 N–H and O–H groups in total. The number of hydrogen-bond donors (Lipinski definition) is 0. The first-order chi connectivity index (χ1) is 7.91. The number of anilines is 1. The van der Waals surface area contributed by atoms with Crippen LogP contribution in [0.5, 0.6) is 0 Å². The topological polar surface area (TPSA) is 54.5 Å². The van der Waals surface area contributed by atoms with Crippen molar-refractivity contribution in [1.29, 1.82) is 0 Å². The zero-order chi connectivity index (χ0) is 12.6. The van der Waals surface area contributed by atoms with E-state index in [1.807, 2.05) is 0 Å². The Hall–Kier alpha value is -0.780. The first-order valence-corrected chi connectivity index (χ1v) is 7.63. The first kappa shape index (κ1) is 12.7. The van der Waals surface area contributed by atoms with Crippen molar-refractivity contribution in [3.63, 3.8) is 0 Å². The van der Waals surface area contributed by atoms with Gasteiger partial charge < -0.3 is 4.90 Å². The van der Waals surface area contributed by atoms with Crippen LogP contribution in [0.15, 0.2) is 23.1 Å². The maximum Gasteiger partial charge on any atom is 0.262 e. The third-order valence-corrected chi connectivity index (χ3v) is 4.44. The van der Waals surface area contributed by atoms with E-state index >= 15 is 0 Å². The minimum absolute atomic E-state index is 0.00208. The van der Waals surface area contributed by atoms with E-state index in [9.17, 15) is 13.2 Å². The van der Waals surface area contributed by atoms with Crippen molar-refractivity contribution in [1.82, 2.24) is 0 Å². The molecule has 4 nitrogen and oxygen atoms in total. The molecule has 1 aromatic rings. The van der Waals surface area contributed by atoms with Gasteiger partial charge in [-0.2, -0.15) is 0 Å². The molecule has 0 unspecified atom stereocenters. The maximum atomic E-state index is 11.6. The summed E-state index contributed by atoms with van der Waals surface area (Å²) in [6.45, 7) is 0.546. The van der Waals surface area contributed by atoms with E-state index in [1.165, 1.54) is 17.0 Å². The molecule has 1 aliphatic heterocycles. The molecule has 0 aliphatic carbocycles. The molecule has 0 radical (unpaired) electrons. The van der Waals surface area contributed by atoms with Crippen LogP contribution in [0.2, 0.25) is 5.02 Å². The van der Waals surface area contributed by atoms with Crippen molar-refractivity contribution < 1.29 is 13.2 Å². The molecule has 0 saturated carbocycles. The Morgan fingerprint density at radius 2 is 2.00 bits per heavy atom. The lowest BCUT2D eigenvalue weighted by molar-refractivity contribution is -0.117. The van der Waals surface area contributed by atoms with Crippen LogP contribution < -0.4 is 4.90 Å². The zero-order valence-electron chi connectivity index (χ0n) is 8.69. The van der Waals surface area contributed by atoms with Gasteiger partial charge in [0.2, 0.25) is 5.91 Å². The molecule has 0 atom stereocenters. The number of benzene rings is 1. The molecule has 1 saturated heterocycles. The van der Waals surface area contributed by atoms with Gasteiger partial charge in [0.05, 0.1) is 10.7 Å². The second-order valence-electron chi connectivity index (χ2n) is 3.68. The molecule has 1 fully saturated rings. The fraction of sp³-hybridized carbons (Fsp3) is 0.300. The highest BCUT2D eigenvalue weighted by Crippen LogP contribution is 2.35. The number of carbonyl (C=O) groups excluding carboxylic acids is 1. The molecular formula is C10H9Cl2NO3S. The van der Waals surface area contributed by atoms with Crippen LogP contribution >= 0.6 is 22.3 Å². The van der Waals surface area contributed by atoms with Gasteiger partial charge in [0, 0.05) is 23.6 Å². The van der Waals surface area contributed by atoms with Crippen LogP contribution in [0.25, 0.3) is 0 Å². The van der Waals surface area contributed by atoms with E-state index in [4.69, 9.17) is 22.3 Å².